The second kappa shape index (κ2) is 7.76. The highest BCUT2D eigenvalue weighted by atomic mass is 32.2. The monoisotopic (exact) mass is 405 g/mol. The fourth-order valence-corrected chi connectivity index (χ4v) is 4.05. The van der Waals surface area contributed by atoms with Crippen LogP contribution in [-0.4, -0.2) is 54.3 Å². The van der Waals surface area contributed by atoms with Crippen molar-refractivity contribution in [3.63, 3.8) is 0 Å². The molecule has 0 unspecified atom stereocenters. The molecule has 1 aliphatic heterocycles. The SMILES string of the molecule is C[C@]1(C(=O)NCc2ccccc2)CN(S(C)(=O)=O)CC(=O)N1Cc1ccco1. The van der Waals surface area contributed by atoms with Crippen molar-refractivity contribution >= 4 is 21.8 Å². The smallest absolute Gasteiger partial charge is 0.247 e. The number of nitrogens with one attached hydrogen (secondary N) is 1. The van der Waals surface area contributed by atoms with Crippen molar-refractivity contribution in [2.24, 2.45) is 0 Å². The van der Waals surface area contributed by atoms with E-state index >= 15 is 0 Å². The van der Waals surface area contributed by atoms with Crippen LogP contribution in [0.2, 0.25) is 0 Å². The molecule has 1 aromatic heterocycles. The van der Waals surface area contributed by atoms with Gasteiger partial charge >= 0.3 is 0 Å². The van der Waals surface area contributed by atoms with Crippen LogP contribution in [0.4, 0.5) is 0 Å². The maximum atomic E-state index is 13.1. The first kappa shape index (κ1) is 20.1. The minimum Gasteiger partial charge on any atom is -0.467 e. The lowest BCUT2D eigenvalue weighted by Gasteiger charge is -2.46. The van der Waals surface area contributed by atoms with Gasteiger partial charge in [-0.1, -0.05) is 30.3 Å². The molecule has 0 radical (unpaired) electrons. The van der Waals surface area contributed by atoms with Crippen molar-refractivity contribution in [1.29, 1.82) is 0 Å². The predicted molar refractivity (Wildman–Crippen MR) is 102 cm³/mol. The summed E-state index contributed by atoms with van der Waals surface area (Å²) in [6, 6.07) is 12.7. The Balaban J connectivity index is 1.86. The number of carbonyl (C=O) groups excluding carboxylic acids is 2. The molecule has 2 heterocycles. The van der Waals surface area contributed by atoms with Gasteiger partial charge in [-0.2, -0.15) is 4.31 Å². The lowest BCUT2D eigenvalue weighted by molar-refractivity contribution is -0.154. The molecular formula is C19H23N3O5S. The Morgan fingerprint density at radius 1 is 1.21 bits per heavy atom. The summed E-state index contributed by atoms with van der Waals surface area (Å²) >= 11 is 0. The topological polar surface area (TPSA) is 99.9 Å². The first-order chi connectivity index (χ1) is 13.2. The molecule has 2 aromatic rings. The number of benzene rings is 1. The average molecular weight is 405 g/mol. The number of piperazine rings is 1. The Morgan fingerprint density at radius 3 is 2.54 bits per heavy atom. The van der Waals surface area contributed by atoms with E-state index in [4.69, 9.17) is 4.42 Å². The first-order valence-electron chi connectivity index (χ1n) is 8.80. The van der Waals surface area contributed by atoms with E-state index in [-0.39, 0.29) is 26.2 Å². The standard InChI is InChI=1S/C19H23N3O5S/c1-19(18(24)20-11-15-7-4-3-5-8-15)14-21(28(2,25)26)13-17(23)22(19)12-16-9-6-10-27-16/h3-10H,11-14H2,1-2H3,(H,20,24)/t19-/m1/s1. The van der Waals surface area contributed by atoms with Crippen LogP contribution in [0.3, 0.4) is 0 Å². The van der Waals surface area contributed by atoms with E-state index in [2.05, 4.69) is 5.32 Å². The molecule has 9 heteroatoms. The molecule has 8 nitrogen and oxygen atoms in total. The molecule has 0 aliphatic carbocycles. The molecule has 1 fully saturated rings. The molecular weight excluding hydrogens is 382 g/mol. The van der Waals surface area contributed by atoms with Gasteiger partial charge in [-0.05, 0) is 24.6 Å². The molecule has 0 spiro atoms. The van der Waals surface area contributed by atoms with Crippen LogP contribution in [-0.2, 0) is 32.7 Å². The minimum atomic E-state index is -3.63. The maximum Gasteiger partial charge on any atom is 0.247 e. The van der Waals surface area contributed by atoms with Crippen LogP contribution in [0.1, 0.15) is 18.2 Å². The van der Waals surface area contributed by atoms with E-state index in [1.54, 1.807) is 19.1 Å². The number of carbonyl (C=O) groups is 2. The number of sulfonamides is 1. The molecule has 150 valence electrons. The summed E-state index contributed by atoms with van der Waals surface area (Å²) < 4.78 is 30.5. The second-order valence-corrected chi connectivity index (χ2v) is 9.01. The van der Waals surface area contributed by atoms with Crippen LogP contribution in [0.5, 0.6) is 0 Å². The van der Waals surface area contributed by atoms with Crippen molar-refractivity contribution < 1.29 is 22.4 Å². The molecule has 1 aliphatic rings. The normalized spacial score (nSPS) is 20.9. The first-order valence-corrected chi connectivity index (χ1v) is 10.7. The van der Waals surface area contributed by atoms with Gasteiger partial charge in [-0.25, -0.2) is 8.42 Å². The van der Waals surface area contributed by atoms with Gasteiger partial charge in [0, 0.05) is 13.1 Å². The second-order valence-electron chi connectivity index (χ2n) is 7.03. The van der Waals surface area contributed by atoms with Gasteiger partial charge in [0.05, 0.1) is 25.6 Å². The number of hydrogen-bond acceptors (Lipinski definition) is 5. The zero-order valence-corrected chi connectivity index (χ0v) is 16.6. The van der Waals surface area contributed by atoms with Crippen molar-refractivity contribution in [1.82, 2.24) is 14.5 Å². The summed E-state index contributed by atoms with van der Waals surface area (Å²) in [5.41, 5.74) is -0.473. The van der Waals surface area contributed by atoms with Crippen molar-refractivity contribution in [2.45, 2.75) is 25.6 Å². The van der Waals surface area contributed by atoms with E-state index in [1.165, 1.54) is 11.2 Å². The average Bonchev–Trinajstić information content (AvgIpc) is 3.16. The molecule has 1 N–H and O–H groups in total. The third-order valence-electron chi connectivity index (χ3n) is 4.84. The quantitative estimate of drug-likeness (QED) is 0.772. The highest BCUT2D eigenvalue weighted by Crippen LogP contribution is 2.27. The summed E-state index contributed by atoms with van der Waals surface area (Å²) in [5.74, 6) is -0.363. The molecule has 3 rings (SSSR count). The van der Waals surface area contributed by atoms with E-state index in [1.807, 2.05) is 30.3 Å². The third kappa shape index (κ3) is 4.26. The maximum absolute atomic E-state index is 13.1. The van der Waals surface area contributed by atoms with Gasteiger partial charge in [0.15, 0.2) is 0 Å². The molecule has 1 saturated heterocycles. The van der Waals surface area contributed by atoms with Gasteiger partial charge in [0.25, 0.3) is 0 Å². The zero-order valence-electron chi connectivity index (χ0n) is 15.8. The van der Waals surface area contributed by atoms with Gasteiger partial charge in [-0.3, -0.25) is 9.59 Å². The Hall–Kier alpha value is -2.65. The van der Waals surface area contributed by atoms with E-state index in [9.17, 15) is 18.0 Å². The lowest BCUT2D eigenvalue weighted by atomic mass is 9.95. The highest BCUT2D eigenvalue weighted by molar-refractivity contribution is 7.88. The third-order valence-corrected chi connectivity index (χ3v) is 6.04. The molecule has 2 amide bonds. The van der Waals surface area contributed by atoms with Crippen LogP contribution in [0.15, 0.2) is 53.1 Å². The summed E-state index contributed by atoms with van der Waals surface area (Å²) in [4.78, 5) is 27.2. The van der Waals surface area contributed by atoms with E-state index in [0.29, 0.717) is 5.76 Å². The molecule has 1 aromatic carbocycles. The van der Waals surface area contributed by atoms with Gasteiger partial charge in [-0.15, -0.1) is 0 Å². The molecule has 28 heavy (non-hydrogen) atoms. The number of furan rings is 1. The fourth-order valence-electron chi connectivity index (χ4n) is 3.21. The Labute approximate surface area is 164 Å². The van der Waals surface area contributed by atoms with E-state index in [0.717, 1.165) is 16.1 Å². The number of rotatable bonds is 6. The lowest BCUT2D eigenvalue weighted by Crippen LogP contribution is -2.69. The van der Waals surface area contributed by atoms with Gasteiger partial charge < -0.3 is 14.6 Å². The largest absolute Gasteiger partial charge is 0.467 e. The summed E-state index contributed by atoms with van der Waals surface area (Å²) in [5, 5.41) is 2.83. The summed E-state index contributed by atoms with van der Waals surface area (Å²) in [6.07, 6.45) is 2.52. The number of hydrogen-bond donors (Lipinski definition) is 1. The Kier molecular flexibility index (Phi) is 5.57. The van der Waals surface area contributed by atoms with Crippen molar-refractivity contribution in [3.8, 4) is 0 Å². The summed E-state index contributed by atoms with van der Waals surface area (Å²) in [7, 11) is -3.63. The van der Waals surface area contributed by atoms with Gasteiger partial charge in [0.2, 0.25) is 21.8 Å². The predicted octanol–water partition coefficient (Wildman–Crippen LogP) is 0.959. The zero-order chi connectivity index (χ0) is 20.4. The van der Waals surface area contributed by atoms with E-state index < -0.39 is 27.4 Å². The Morgan fingerprint density at radius 2 is 1.93 bits per heavy atom. The van der Waals surface area contributed by atoms with Crippen LogP contribution >= 0.6 is 0 Å². The molecule has 0 saturated carbocycles. The van der Waals surface area contributed by atoms with Crippen molar-refractivity contribution in [3.05, 3.63) is 60.1 Å². The fraction of sp³-hybridized carbons (Fsp3) is 0.368. The number of nitrogens with zero attached hydrogens (tertiary/aromatic N) is 2. The van der Waals surface area contributed by atoms with Crippen molar-refractivity contribution in [2.75, 3.05) is 19.3 Å². The highest BCUT2D eigenvalue weighted by Gasteiger charge is 2.49. The van der Waals surface area contributed by atoms with Crippen LogP contribution in [0.25, 0.3) is 0 Å². The van der Waals surface area contributed by atoms with Crippen LogP contribution < -0.4 is 5.32 Å². The molecule has 0 bridgehead atoms. The van der Waals surface area contributed by atoms with Gasteiger partial charge in [0.1, 0.15) is 11.3 Å². The minimum absolute atomic E-state index is 0.0820. The number of amides is 2. The summed E-state index contributed by atoms with van der Waals surface area (Å²) in [6.45, 7) is 1.50. The van der Waals surface area contributed by atoms with Crippen LogP contribution in [0, 0.1) is 0 Å². The Bertz CT molecular complexity index is 943. The molecule has 1 atom stereocenters.